The molecule has 3 rings (SSSR count). The van der Waals surface area contributed by atoms with Gasteiger partial charge >= 0.3 is 0 Å². The highest BCUT2D eigenvalue weighted by Crippen LogP contribution is 2.26. The zero-order chi connectivity index (χ0) is 19.8. The van der Waals surface area contributed by atoms with E-state index >= 15 is 0 Å². The Labute approximate surface area is 168 Å². The van der Waals surface area contributed by atoms with E-state index in [1.807, 2.05) is 30.3 Å². The van der Waals surface area contributed by atoms with E-state index in [1.54, 1.807) is 48.2 Å². The molecule has 3 nitrogen and oxygen atoms in total. The fraction of sp³-hybridized carbons (Fsp3) is 0.130. The van der Waals surface area contributed by atoms with Crippen LogP contribution in [0.3, 0.4) is 0 Å². The van der Waals surface area contributed by atoms with Crippen molar-refractivity contribution < 1.29 is 9.18 Å². The number of hydrogen-bond acceptors (Lipinski definition) is 3. The van der Waals surface area contributed by atoms with E-state index in [-0.39, 0.29) is 11.7 Å². The van der Waals surface area contributed by atoms with Crippen molar-refractivity contribution in [2.45, 2.75) is 5.75 Å². The van der Waals surface area contributed by atoms with Gasteiger partial charge in [-0.25, -0.2) is 4.39 Å². The lowest BCUT2D eigenvalue weighted by atomic mass is 9.95. The summed E-state index contributed by atoms with van der Waals surface area (Å²) in [6.45, 7) is 0.478. The van der Waals surface area contributed by atoms with Crippen molar-refractivity contribution >= 4 is 17.7 Å². The molecule has 0 saturated heterocycles. The van der Waals surface area contributed by atoms with Gasteiger partial charge in [0.1, 0.15) is 5.82 Å². The van der Waals surface area contributed by atoms with E-state index in [0.29, 0.717) is 34.7 Å². The third kappa shape index (κ3) is 4.79. The second kappa shape index (κ2) is 9.72. The predicted octanol–water partition coefficient (Wildman–Crippen LogP) is 5.03. The van der Waals surface area contributed by atoms with E-state index in [1.165, 1.54) is 6.07 Å². The number of nitrogens with one attached hydrogen (secondary N) is 1. The maximum absolute atomic E-state index is 13.6. The van der Waals surface area contributed by atoms with Gasteiger partial charge in [-0.1, -0.05) is 54.6 Å². The number of hydrogen-bond donors (Lipinski definition) is 1. The number of benzene rings is 3. The number of nitriles is 1. The molecule has 0 saturated carbocycles. The highest BCUT2D eigenvalue weighted by molar-refractivity contribution is 7.98. The molecule has 1 N–H and O–H groups in total. The van der Waals surface area contributed by atoms with Crippen LogP contribution in [0.1, 0.15) is 21.5 Å². The highest BCUT2D eigenvalue weighted by atomic mass is 32.2. The van der Waals surface area contributed by atoms with Crippen molar-refractivity contribution in [3.8, 4) is 17.2 Å². The van der Waals surface area contributed by atoms with Crippen LogP contribution in [0.5, 0.6) is 0 Å². The molecule has 28 heavy (non-hydrogen) atoms. The molecule has 0 fully saturated rings. The summed E-state index contributed by atoms with van der Waals surface area (Å²) in [5.74, 6) is 0.852. The molecule has 3 aromatic rings. The van der Waals surface area contributed by atoms with Crippen LogP contribution >= 0.6 is 11.8 Å². The number of amides is 1. The molecule has 0 aliphatic carbocycles. The molecule has 3 aromatic carbocycles. The first-order valence-electron chi connectivity index (χ1n) is 8.88. The maximum Gasteiger partial charge on any atom is 0.251 e. The normalized spacial score (nSPS) is 10.3. The lowest BCUT2D eigenvalue weighted by Crippen LogP contribution is -2.26. The maximum atomic E-state index is 13.6. The predicted molar refractivity (Wildman–Crippen MR) is 111 cm³/mol. The summed E-state index contributed by atoms with van der Waals surface area (Å²) >= 11 is 1.57. The molecule has 0 aromatic heterocycles. The largest absolute Gasteiger partial charge is 0.351 e. The number of halogens is 1. The van der Waals surface area contributed by atoms with Gasteiger partial charge < -0.3 is 5.32 Å². The van der Waals surface area contributed by atoms with Crippen LogP contribution in [0.25, 0.3) is 11.1 Å². The van der Waals surface area contributed by atoms with Gasteiger partial charge in [0.05, 0.1) is 11.6 Å². The standard InChI is InChI=1S/C23H19FN2OS/c24-22-12-6-2-8-18(22)16-28-14-13-26-23(27)21-11-5-4-10-20(21)19-9-3-1-7-17(19)15-25/h1-12H,13-14,16H2,(H,26,27). The molecule has 0 spiro atoms. The van der Waals surface area contributed by atoms with Crippen LogP contribution in [0.2, 0.25) is 0 Å². The summed E-state index contributed by atoms with van der Waals surface area (Å²) in [7, 11) is 0. The molecule has 1 amide bonds. The van der Waals surface area contributed by atoms with Crippen LogP contribution in [0.4, 0.5) is 4.39 Å². The summed E-state index contributed by atoms with van der Waals surface area (Å²) in [6, 6.07) is 23.4. The number of nitrogens with zero attached hydrogens (tertiary/aromatic N) is 1. The third-order valence-electron chi connectivity index (χ3n) is 4.26. The molecule has 0 unspecified atom stereocenters. The molecular weight excluding hydrogens is 371 g/mol. The van der Waals surface area contributed by atoms with E-state index < -0.39 is 0 Å². The summed E-state index contributed by atoms with van der Waals surface area (Å²) < 4.78 is 13.6. The van der Waals surface area contributed by atoms with Gasteiger partial charge in [-0.2, -0.15) is 17.0 Å². The van der Waals surface area contributed by atoms with Gasteiger partial charge in [0.2, 0.25) is 0 Å². The number of thioether (sulfide) groups is 1. The quantitative estimate of drug-likeness (QED) is 0.576. The van der Waals surface area contributed by atoms with Crippen LogP contribution in [-0.2, 0) is 5.75 Å². The Balaban J connectivity index is 1.61. The average molecular weight is 390 g/mol. The number of carbonyl (C=O) groups is 1. The van der Waals surface area contributed by atoms with Crippen molar-refractivity contribution in [1.29, 1.82) is 5.26 Å². The van der Waals surface area contributed by atoms with Gasteiger partial charge in [0.25, 0.3) is 5.91 Å². The highest BCUT2D eigenvalue weighted by Gasteiger charge is 2.14. The summed E-state index contributed by atoms with van der Waals surface area (Å²) in [6.07, 6.45) is 0. The van der Waals surface area contributed by atoms with Crippen LogP contribution < -0.4 is 5.32 Å². The Hall–Kier alpha value is -3.10. The molecule has 0 aliphatic rings. The lowest BCUT2D eigenvalue weighted by Gasteiger charge is -2.11. The van der Waals surface area contributed by atoms with E-state index in [9.17, 15) is 14.4 Å². The minimum absolute atomic E-state index is 0.185. The molecule has 140 valence electrons. The number of carbonyl (C=O) groups excluding carboxylic acids is 1. The van der Waals surface area contributed by atoms with E-state index in [4.69, 9.17) is 0 Å². The van der Waals surface area contributed by atoms with Crippen LogP contribution in [0, 0.1) is 17.1 Å². The van der Waals surface area contributed by atoms with Gasteiger partial charge in [0, 0.05) is 29.2 Å². The third-order valence-corrected chi connectivity index (χ3v) is 5.26. The monoisotopic (exact) mass is 390 g/mol. The fourth-order valence-electron chi connectivity index (χ4n) is 2.86. The topological polar surface area (TPSA) is 52.9 Å². The first-order valence-corrected chi connectivity index (χ1v) is 10.0. The number of rotatable bonds is 7. The van der Waals surface area contributed by atoms with Gasteiger partial charge in [-0.15, -0.1) is 0 Å². The molecule has 0 bridgehead atoms. The second-order valence-corrected chi connectivity index (χ2v) is 7.21. The lowest BCUT2D eigenvalue weighted by molar-refractivity contribution is 0.0957. The molecule has 0 radical (unpaired) electrons. The van der Waals surface area contributed by atoms with Gasteiger partial charge in [0.15, 0.2) is 0 Å². The minimum Gasteiger partial charge on any atom is -0.351 e. The molecular formula is C23H19FN2OS. The zero-order valence-electron chi connectivity index (χ0n) is 15.2. The Morgan fingerprint density at radius 3 is 2.43 bits per heavy atom. The SMILES string of the molecule is N#Cc1ccccc1-c1ccccc1C(=O)NCCSCc1ccccc1F. The molecule has 0 aliphatic heterocycles. The minimum atomic E-state index is -0.205. The zero-order valence-corrected chi connectivity index (χ0v) is 16.0. The van der Waals surface area contributed by atoms with Gasteiger partial charge in [-0.05, 0) is 29.3 Å². The molecule has 0 atom stereocenters. The summed E-state index contributed by atoms with van der Waals surface area (Å²) in [4.78, 5) is 12.7. The van der Waals surface area contributed by atoms with Crippen molar-refractivity contribution in [2.75, 3.05) is 12.3 Å². The van der Waals surface area contributed by atoms with E-state index in [2.05, 4.69) is 11.4 Å². The Morgan fingerprint density at radius 2 is 1.64 bits per heavy atom. The van der Waals surface area contributed by atoms with Crippen LogP contribution in [-0.4, -0.2) is 18.2 Å². The Bertz CT molecular complexity index is 1010. The van der Waals surface area contributed by atoms with Crippen molar-refractivity contribution in [3.05, 3.63) is 95.3 Å². The Kier molecular flexibility index (Phi) is 6.83. The van der Waals surface area contributed by atoms with Crippen molar-refractivity contribution in [1.82, 2.24) is 5.32 Å². The van der Waals surface area contributed by atoms with Crippen LogP contribution in [0.15, 0.2) is 72.8 Å². The second-order valence-electron chi connectivity index (χ2n) is 6.10. The van der Waals surface area contributed by atoms with E-state index in [0.717, 1.165) is 11.1 Å². The molecule has 0 heterocycles. The van der Waals surface area contributed by atoms with Crippen molar-refractivity contribution in [3.63, 3.8) is 0 Å². The summed E-state index contributed by atoms with van der Waals surface area (Å²) in [5.41, 5.74) is 3.20. The molecule has 5 heteroatoms. The Morgan fingerprint density at radius 1 is 0.964 bits per heavy atom. The smallest absolute Gasteiger partial charge is 0.251 e. The first kappa shape index (κ1) is 19.7. The van der Waals surface area contributed by atoms with Crippen molar-refractivity contribution in [2.24, 2.45) is 0 Å². The average Bonchev–Trinajstić information content (AvgIpc) is 2.74. The summed E-state index contributed by atoms with van der Waals surface area (Å²) in [5, 5.41) is 12.3. The first-order chi connectivity index (χ1) is 13.7. The van der Waals surface area contributed by atoms with Gasteiger partial charge in [-0.3, -0.25) is 4.79 Å². The fourth-order valence-corrected chi connectivity index (χ4v) is 3.71.